The van der Waals surface area contributed by atoms with Crippen LogP contribution in [-0.4, -0.2) is 11.1 Å². The minimum absolute atomic E-state index is 0.0116. The molecule has 0 bridgehead atoms. The van der Waals surface area contributed by atoms with Crippen LogP contribution in [0.2, 0.25) is 5.02 Å². The Morgan fingerprint density at radius 3 is 2.45 bits per heavy atom. The lowest BCUT2D eigenvalue weighted by Crippen LogP contribution is -2.06. The van der Waals surface area contributed by atoms with Gasteiger partial charge in [0.05, 0.1) is 5.56 Å². The standard InChI is InChI=1S/C16H10ClF3O2/c17-12-8-10(5-6-15(21)22)7-11(9-12)13-3-1-2-4-14(13)16(18,19)20/h1-9H,(H,21,22)/b6-5+. The number of rotatable bonds is 3. The maximum absolute atomic E-state index is 13.1. The van der Waals surface area contributed by atoms with E-state index in [1.165, 1.54) is 42.5 Å². The van der Waals surface area contributed by atoms with Gasteiger partial charge in [0.25, 0.3) is 0 Å². The average Bonchev–Trinajstić information content (AvgIpc) is 2.43. The Morgan fingerprint density at radius 2 is 1.82 bits per heavy atom. The molecule has 0 saturated carbocycles. The molecule has 2 rings (SSSR count). The smallest absolute Gasteiger partial charge is 0.417 e. The Labute approximate surface area is 129 Å². The second-order valence-corrected chi connectivity index (χ2v) is 4.92. The van der Waals surface area contributed by atoms with Gasteiger partial charge in [-0.05, 0) is 47.0 Å². The first-order chi connectivity index (χ1) is 10.3. The fraction of sp³-hybridized carbons (Fsp3) is 0.0625. The van der Waals surface area contributed by atoms with Crippen LogP contribution < -0.4 is 0 Å². The van der Waals surface area contributed by atoms with E-state index in [0.717, 1.165) is 12.1 Å². The van der Waals surface area contributed by atoms with Crippen molar-refractivity contribution in [3.63, 3.8) is 0 Å². The number of alkyl halides is 3. The minimum atomic E-state index is -4.49. The van der Waals surface area contributed by atoms with Crippen molar-refractivity contribution in [2.24, 2.45) is 0 Å². The molecule has 2 aromatic carbocycles. The van der Waals surface area contributed by atoms with E-state index in [1.807, 2.05) is 0 Å². The molecule has 2 aromatic rings. The van der Waals surface area contributed by atoms with Gasteiger partial charge in [0.15, 0.2) is 0 Å². The van der Waals surface area contributed by atoms with Gasteiger partial charge in [-0.25, -0.2) is 4.79 Å². The van der Waals surface area contributed by atoms with Crippen LogP contribution in [0.3, 0.4) is 0 Å². The lowest BCUT2D eigenvalue weighted by molar-refractivity contribution is -0.137. The highest BCUT2D eigenvalue weighted by molar-refractivity contribution is 6.31. The SMILES string of the molecule is O=C(O)/C=C/c1cc(Cl)cc(-c2ccccc2C(F)(F)F)c1. The normalized spacial score (nSPS) is 11.8. The molecule has 0 unspecified atom stereocenters. The summed E-state index contributed by atoms with van der Waals surface area (Å²) in [7, 11) is 0. The lowest BCUT2D eigenvalue weighted by Gasteiger charge is -2.13. The number of hydrogen-bond acceptors (Lipinski definition) is 1. The first kappa shape index (κ1) is 16.1. The molecule has 0 aliphatic carbocycles. The monoisotopic (exact) mass is 326 g/mol. The van der Waals surface area contributed by atoms with Crippen molar-refractivity contribution in [3.05, 3.63) is 64.7 Å². The molecule has 0 aliphatic heterocycles. The Balaban J connectivity index is 2.57. The van der Waals surface area contributed by atoms with E-state index in [2.05, 4.69) is 0 Å². The summed E-state index contributed by atoms with van der Waals surface area (Å²) in [5, 5.41) is 8.83. The molecule has 0 fully saturated rings. The lowest BCUT2D eigenvalue weighted by atomic mass is 9.97. The number of halogens is 4. The fourth-order valence-electron chi connectivity index (χ4n) is 2.01. The summed E-state index contributed by atoms with van der Waals surface area (Å²) < 4.78 is 39.2. The van der Waals surface area contributed by atoms with Crippen molar-refractivity contribution in [1.29, 1.82) is 0 Å². The highest BCUT2D eigenvalue weighted by Crippen LogP contribution is 2.37. The minimum Gasteiger partial charge on any atom is -0.478 e. The molecule has 0 heterocycles. The molecule has 1 N–H and O–H groups in total. The van der Waals surface area contributed by atoms with E-state index >= 15 is 0 Å². The zero-order valence-electron chi connectivity index (χ0n) is 11.1. The van der Waals surface area contributed by atoms with E-state index in [0.29, 0.717) is 5.56 Å². The number of benzene rings is 2. The molecule has 6 heteroatoms. The van der Waals surface area contributed by atoms with Crippen molar-refractivity contribution in [2.45, 2.75) is 6.18 Å². The predicted molar refractivity (Wildman–Crippen MR) is 78.6 cm³/mol. The van der Waals surface area contributed by atoms with Crippen LogP contribution in [-0.2, 0) is 11.0 Å². The Bertz CT molecular complexity index is 736. The Hall–Kier alpha value is -2.27. The first-order valence-corrected chi connectivity index (χ1v) is 6.53. The van der Waals surface area contributed by atoms with Crippen LogP contribution in [0, 0.1) is 0 Å². The van der Waals surface area contributed by atoms with Gasteiger partial charge >= 0.3 is 12.1 Å². The third kappa shape index (κ3) is 3.89. The Morgan fingerprint density at radius 1 is 1.14 bits per heavy atom. The van der Waals surface area contributed by atoms with Crippen LogP contribution in [0.15, 0.2) is 48.5 Å². The van der Waals surface area contributed by atoms with E-state index in [9.17, 15) is 18.0 Å². The maximum atomic E-state index is 13.1. The molecule has 0 radical (unpaired) electrons. The summed E-state index contributed by atoms with van der Waals surface area (Å²) in [5.41, 5.74) is -0.111. The average molecular weight is 327 g/mol. The van der Waals surface area contributed by atoms with Gasteiger partial charge in [0.1, 0.15) is 0 Å². The Kier molecular flexibility index (Phi) is 4.56. The molecular formula is C16H10ClF3O2. The van der Waals surface area contributed by atoms with Crippen molar-refractivity contribution >= 4 is 23.6 Å². The van der Waals surface area contributed by atoms with Gasteiger partial charge < -0.3 is 5.11 Å². The molecule has 2 nitrogen and oxygen atoms in total. The summed E-state index contributed by atoms with van der Waals surface area (Å²) in [6, 6.07) is 9.48. The van der Waals surface area contributed by atoms with E-state index in [-0.39, 0.29) is 16.1 Å². The second-order valence-electron chi connectivity index (χ2n) is 4.49. The third-order valence-corrected chi connectivity index (χ3v) is 3.10. The molecule has 0 atom stereocenters. The van der Waals surface area contributed by atoms with Gasteiger partial charge in [0, 0.05) is 11.1 Å². The van der Waals surface area contributed by atoms with Gasteiger partial charge in [-0.2, -0.15) is 13.2 Å². The van der Waals surface area contributed by atoms with Gasteiger partial charge in [-0.15, -0.1) is 0 Å². The van der Waals surface area contributed by atoms with Crippen LogP contribution in [0.25, 0.3) is 17.2 Å². The van der Waals surface area contributed by atoms with Crippen LogP contribution in [0.4, 0.5) is 13.2 Å². The highest BCUT2D eigenvalue weighted by Gasteiger charge is 2.33. The molecule has 22 heavy (non-hydrogen) atoms. The topological polar surface area (TPSA) is 37.3 Å². The first-order valence-electron chi connectivity index (χ1n) is 6.15. The summed E-state index contributed by atoms with van der Waals surface area (Å²) in [4.78, 5) is 10.5. The van der Waals surface area contributed by atoms with Crippen molar-refractivity contribution < 1.29 is 23.1 Å². The summed E-state index contributed by atoms with van der Waals surface area (Å²) in [6.07, 6.45) is -2.32. The number of aliphatic carboxylic acids is 1. The third-order valence-electron chi connectivity index (χ3n) is 2.88. The predicted octanol–water partition coefficient (Wildman–Crippen LogP) is 5.12. The maximum Gasteiger partial charge on any atom is 0.417 e. The summed E-state index contributed by atoms with van der Waals surface area (Å²) in [6.45, 7) is 0. The van der Waals surface area contributed by atoms with E-state index in [1.54, 1.807) is 0 Å². The number of carbonyl (C=O) groups is 1. The highest BCUT2D eigenvalue weighted by atomic mass is 35.5. The van der Waals surface area contributed by atoms with Gasteiger partial charge in [-0.1, -0.05) is 29.8 Å². The van der Waals surface area contributed by atoms with Crippen molar-refractivity contribution in [1.82, 2.24) is 0 Å². The summed E-state index contributed by atoms with van der Waals surface area (Å²) in [5.74, 6) is -1.16. The largest absolute Gasteiger partial charge is 0.478 e. The van der Waals surface area contributed by atoms with Crippen LogP contribution in [0.1, 0.15) is 11.1 Å². The summed E-state index contributed by atoms with van der Waals surface area (Å²) >= 11 is 5.92. The van der Waals surface area contributed by atoms with Crippen molar-refractivity contribution in [3.8, 4) is 11.1 Å². The number of carboxylic acids is 1. The molecule has 0 spiro atoms. The molecule has 0 saturated heterocycles. The van der Waals surface area contributed by atoms with Gasteiger partial charge in [0.2, 0.25) is 0 Å². The van der Waals surface area contributed by atoms with Gasteiger partial charge in [-0.3, -0.25) is 0 Å². The van der Waals surface area contributed by atoms with Crippen molar-refractivity contribution in [2.75, 3.05) is 0 Å². The zero-order chi connectivity index (χ0) is 16.3. The molecule has 114 valence electrons. The number of hydrogen-bond donors (Lipinski definition) is 1. The molecule has 0 aromatic heterocycles. The molecule has 0 aliphatic rings. The van der Waals surface area contributed by atoms with E-state index in [4.69, 9.17) is 16.7 Å². The second kappa shape index (κ2) is 6.23. The quantitative estimate of drug-likeness (QED) is 0.794. The van der Waals surface area contributed by atoms with Crippen LogP contribution >= 0.6 is 11.6 Å². The van der Waals surface area contributed by atoms with E-state index < -0.39 is 17.7 Å². The molecule has 0 amide bonds. The zero-order valence-corrected chi connectivity index (χ0v) is 11.8. The van der Waals surface area contributed by atoms with Crippen LogP contribution in [0.5, 0.6) is 0 Å². The molecular weight excluding hydrogens is 317 g/mol. The number of carboxylic acid groups (broad SMARTS) is 1. The fourth-order valence-corrected chi connectivity index (χ4v) is 2.26.